The summed E-state index contributed by atoms with van der Waals surface area (Å²) in [5.74, 6) is -2.94. The van der Waals surface area contributed by atoms with Gasteiger partial charge in [0, 0.05) is 18.9 Å². The molecule has 1 aliphatic heterocycles. The largest absolute Gasteiger partial charge is 0.462 e. The minimum atomic E-state index is -1.13. The summed E-state index contributed by atoms with van der Waals surface area (Å²) in [5, 5.41) is 1.48. The molecule has 0 bridgehead atoms. The van der Waals surface area contributed by atoms with Gasteiger partial charge in [-0.2, -0.15) is 0 Å². The maximum Gasteiger partial charge on any atom is 0.343 e. The second kappa shape index (κ2) is 5.62. The van der Waals surface area contributed by atoms with Crippen LogP contribution in [-0.2, 0) is 16.0 Å². The van der Waals surface area contributed by atoms with Crippen LogP contribution in [0.3, 0.4) is 0 Å². The Labute approximate surface area is 129 Å². The molecule has 0 unspecified atom stereocenters. The molecular weight excluding hydrogens is 310 g/mol. The van der Waals surface area contributed by atoms with Gasteiger partial charge in [0.1, 0.15) is 12.3 Å². The van der Waals surface area contributed by atoms with E-state index in [1.54, 1.807) is 11.9 Å². The van der Waals surface area contributed by atoms with Crippen LogP contribution < -0.4 is 10.4 Å². The first-order chi connectivity index (χ1) is 11.0. The highest BCUT2D eigenvalue weighted by molar-refractivity contribution is 5.95. The number of nitrogens with zero attached hydrogens (tertiary/aromatic N) is 2. The zero-order valence-electron chi connectivity index (χ0n) is 12.6. The maximum atomic E-state index is 14.0. The number of esters is 1. The lowest BCUT2D eigenvalue weighted by Gasteiger charge is -2.21. The van der Waals surface area contributed by atoms with Crippen molar-refractivity contribution in [2.75, 3.05) is 25.5 Å². The van der Waals surface area contributed by atoms with Gasteiger partial charge >= 0.3 is 5.97 Å². The van der Waals surface area contributed by atoms with Crippen LogP contribution >= 0.6 is 0 Å². The fourth-order valence-electron chi connectivity index (χ4n) is 2.73. The Bertz CT molecular complexity index is 863. The molecule has 0 saturated heterocycles. The molecule has 6 nitrogen and oxygen atoms in total. The Morgan fingerprint density at radius 1 is 1.39 bits per heavy atom. The van der Waals surface area contributed by atoms with Gasteiger partial charge < -0.3 is 9.47 Å². The number of aromatic nitrogens is 1. The molecule has 8 heteroatoms. The molecular formula is C15H14F2N2O4. The van der Waals surface area contributed by atoms with Crippen molar-refractivity contribution >= 4 is 16.9 Å². The molecule has 1 aromatic carbocycles. The predicted molar refractivity (Wildman–Crippen MR) is 77.9 cm³/mol. The van der Waals surface area contributed by atoms with Gasteiger partial charge in [0.25, 0.3) is 0 Å². The van der Waals surface area contributed by atoms with Crippen LogP contribution in [0.25, 0.3) is 10.9 Å². The number of halogens is 2. The van der Waals surface area contributed by atoms with E-state index in [1.807, 2.05) is 0 Å². The first-order valence-electron chi connectivity index (χ1n) is 6.97. The lowest BCUT2D eigenvalue weighted by atomic mass is 10.1. The topological polar surface area (TPSA) is 60.8 Å². The molecule has 0 radical (unpaired) electrons. The number of carbonyl (C=O) groups excluding carboxylic acids is 1. The zero-order valence-corrected chi connectivity index (χ0v) is 12.6. The third-order valence-electron chi connectivity index (χ3n) is 3.68. The highest BCUT2D eigenvalue weighted by atomic mass is 19.2. The average Bonchev–Trinajstić information content (AvgIpc) is 2.87. The van der Waals surface area contributed by atoms with Gasteiger partial charge in [0.2, 0.25) is 5.43 Å². The summed E-state index contributed by atoms with van der Waals surface area (Å²) in [5.41, 5.74) is -0.628. The molecule has 2 aromatic rings. The third-order valence-corrected chi connectivity index (χ3v) is 3.68. The van der Waals surface area contributed by atoms with E-state index in [-0.39, 0.29) is 41.9 Å². The van der Waals surface area contributed by atoms with Crippen LogP contribution in [0.5, 0.6) is 0 Å². The van der Waals surface area contributed by atoms with Gasteiger partial charge in [-0.3, -0.25) is 14.5 Å². The molecule has 122 valence electrons. The monoisotopic (exact) mass is 324 g/mol. The molecule has 0 saturated carbocycles. The van der Waals surface area contributed by atoms with Crippen LogP contribution in [0.2, 0.25) is 0 Å². The fraction of sp³-hybridized carbons (Fsp3) is 0.333. The summed E-state index contributed by atoms with van der Waals surface area (Å²) in [4.78, 5) is 24.4. The Balaban J connectivity index is 2.33. The van der Waals surface area contributed by atoms with E-state index in [9.17, 15) is 18.4 Å². The highest BCUT2D eigenvalue weighted by Crippen LogP contribution is 2.29. The normalized spacial score (nSPS) is 13.0. The molecule has 0 atom stereocenters. The number of hydrogen-bond acceptors (Lipinski definition) is 5. The van der Waals surface area contributed by atoms with Gasteiger partial charge in [0.15, 0.2) is 11.6 Å². The van der Waals surface area contributed by atoms with E-state index in [1.165, 1.54) is 18.0 Å². The van der Waals surface area contributed by atoms with Crippen molar-refractivity contribution in [3.63, 3.8) is 0 Å². The molecule has 1 aromatic heterocycles. The van der Waals surface area contributed by atoms with Crippen LogP contribution in [0, 0.1) is 11.6 Å². The van der Waals surface area contributed by atoms with Crippen molar-refractivity contribution < 1.29 is 23.0 Å². The zero-order chi connectivity index (χ0) is 16.7. The third kappa shape index (κ3) is 2.26. The number of carbonyl (C=O) groups is 1. The van der Waals surface area contributed by atoms with Crippen LogP contribution in [0.4, 0.5) is 8.78 Å². The molecule has 0 amide bonds. The van der Waals surface area contributed by atoms with Gasteiger partial charge in [0.05, 0.1) is 24.1 Å². The van der Waals surface area contributed by atoms with E-state index in [2.05, 4.69) is 0 Å². The average molecular weight is 324 g/mol. The molecule has 1 aliphatic rings. The number of pyridine rings is 1. The minimum Gasteiger partial charge on any atom is -0.462 e. The maximum absolute atomic E-state index is 14.0. The molecule has 0 aliphatic carbocycles. The van der Waals surface area contributed by atoms with Gasteiger partial charge in [-0.1, -0.05) is 0 Å². The SMILES string of the molecule is CCOC(=O)c1cn2c3c(c(F)c(F)cc3c1=O)CN2COC. The van der Waals surface area contributed by atoms with E-state index < -0.39 is 23.0 Å². The highest BCUT2D eigenvalue weighted by Gasteiger charge is 2.29. The Kier molecular flexibility index (Phi) is 3.77. The lowest BCUT2D eigenvalue weighted by molar-refractivity contribution is 0.0524. The van der Waals surface area contributed by atoms with Crippen LogP contribution in [-0.4, -0.2) is 31.1 Å². The molecule has 0 N–H and O–H groups in total. The first kappa shape index (κ1) is 15.4. The Morgan fingerprint density at radius 3 is 2.78 bits per heavy atom. The number of methoxy groups -OCH3 is 1. The van der Waals surface area contributed by atoms with E-state index >= 15 is 0 Å². The van der Waals surface area contributed by atoms with Gasteiger partial charge in [-0.15, -0.1) is 0 Å². The van der Waals surface area contributed by atoms with Crippen LogP contribution in [0.1, 0.15) is 22.8 Å². The lowest BCUT2D eigenvalue weighted by Crippen LogP contribution is -2.33. The number of ether oxygens (including phenoxy) is 2. The summed E-state index contributed by atoms with van der Waals surface area (Å²) >= 11 is 0. The standard InChI is InChI=1S/C15H14F2N2O4/c1-3-23-15(21)10-6-19-13-8(14(10)20)4-11(16)12(17)9(13)5-18(19)7-22-2/h4,6H,3,5,7H2,1-2H3. The van der Waals surface area contributed by atoms with Crippen molar-refractivity contribution in [2.45, 2.75) is 13.5 Å². The minimum absolute atomic E-state index is 0.0274. The summed E-state index contributed by atoms with van der Waals surface area (Å²) in [7, 11) is 1.45. The van der Waals surface area contributed by atoms with Gasteiger partial charge in [-0.25, -0.2) is 13.6 Å². The van der Waals surface area contributed by atoms with Crippen LogP contribution in [0.15, 0.2) is 17.1 Å². The van der Waals surface area contributed by atoms with Crippen molar-refractivity contribution in [3.05, 3.63) is 45.2 Å². The number of rotatable bonds is 4. The predicted octanol–water partition coefficient (Wildman–Crippen LogP) is 1.51. The Hall–Kier alpha value is -2.48. The quantitative estimate of drug-likeness (QED) is 0.798. The van der Waals surface area contributed by atoms with Crippen molar-refractivity contribution in [1.82, 2.24) is 4.68 Å². The molecule has 23 heavy (non-hydrogen) atoms. The van der Waals surface area contributed by atoms with Crippen molar-refractivity contribution in [1.29, 1.82) is 0 Å². The summed E-state index contributed by atoms with van der Waals surface area (Å²) < 4.78 is 39.2. The summed E-state index contributed by atoms with van der Waals surface area (Å²) in [6.45, 7) is 1.82. The molecule has 2 heterocycles. The molecule has 0 fully saturated rings. The van der Waals surface area contributed by atoms with Gasteiger partial charge in [-0.05, 0) is 13.0 Å². The second-order valence-corrected chi connectivity index (χ2v) is 5.07. The first-order valence-corrected chi connectivity index (χ1v) is 6.97. The molecule has 3 rings (SSSR count). The summed E-state index contributed by atoms with van der Waals surface area (Å²) in [6.07, 6.45) is 1.27. The molecule has 0 spiro atoms. The summed E-state index contributed by atoms with van der Waals surface area (Å²) in [6, 6.07) is 0.812. The Morgan fingerprint density at radius 2 is 2.13 bits per heavy atom. The second-order valence-electron chi connectivity index (χ2n) is 5.07. The van der Waals surface area contributed by atoms with E-state index in [0.717, 1.165) is 6.07 Å². The van der Waals surface area contributed by atoms with E-state index in [4.69, 9.17) is 9.47 Å². The van der Waals surface area contributed by atoms with E-state index in [0.29, 0.717) is 0 Å². The fourth-order valence-corrected chi connectivity index (χ4v) is 2.73. The number of hydrogen-bond donors (Lipinski definition) is 0. The van der Waals surface area contributed by atoms with Crippen molar-refractivity contribution in [3.8, 4) is 0 Å². The number of benzene rings is 1. The van der Waals surface area contributed by atoms with Crippen molar-refractivity contribution in [2.24, 2.45) is 0 Å². The smallest absolute Gasteiger partial charge is 0.343 e.